The topological polar surface area (TPSA) is 79.7 Å². The van der Waals surface area contributed by atoms with Gasteiger partial charge in [-0.3, -0.25) is 9.88 Å². The van der Waals surface area contributed by atoms with Crippen molar-refractivity contribution in [1.82, 2.24) is 9.88 Å². The van der Waals surface area contributed by atoms with E-state index in [-0.39, 0.29) is 6.04 Å². The maximum atomic E-state index is 12.4. The van der Waals surface area contributed by atoms with Gasteiger partial charge in [-0.15, -0.1) is 0 Å². The van der Waals surface area contributed by atoms with Crippen molar-refractivity contribution in [3.8, 4) is 0 Å². The number of likely N-dealkylation sites (tertiary alicyclic amines) is 1. The van der Waals surface area contributed by atoms with E-state index in [1.807, 2.05) is 6.07 Å². The summed E-state index contributed by atoms with van der Waals surface area (Å²) in [6.07, 6.45) is 1.99. The molecule has 2 heterocycles. The Hall–Kier alpha value is -2.11. The van der Waals surface area contributed by atoms with Crippen LogP contribution in [0.4, 0.5) is 4.79 Å². The van der Waals surface area contributed by atoms with Crippen molar-refractivity contribution in [2.75, 3.05) is 0 Å². The number of aliphatic carboxylic acids is 1. The monoisotopic (exact) mass is 292 g/mol. The van der Waals surface area contributed by atoms with Crippen LogP contribution in [-0.2, 0) is 9.53 Å². The zero-order chi connectivity index (χ0) is 15.6. The number of amides is 1. The van der Waals surface area contributed by atoms with Gasteiger partial charge in [-0.1, -0.05) is 6.07 Å². The van der Waals surface area contributed by atoms with Gasteiger partial charge >= 0.3 is 12.1 Å². The summed E-state index contributed by atoms with van der Waals surface area (Å²) in [5.74, 6) is -1.01. The highest BCUT2D eigenvalue weighted by molar-refractivity contribution is 5.81. The van der Waals surface area contributed by atoms with Crippen LogP contribution in [0.3, 0.4) is 0 Å². The molecule has 1 aliphatic heterocycles. The van der Waals surface area contributed by atoms with Crippen LogP contribution < -0.4 is 0 Å². The van der Waals surface area contributed by atoms with Gasteiger partial charge in [0, 0.05) is 6.20 Å². The number of carbonyl (C=O) groups excluding carboxylic acids is 1. The minimum atomic E-state index is -1.01. The SMILES string of the molecule is CC(C)(C)OC(=O)N1[C@@H](c2ccccn2)CC[C@H]1C(=O)O. The molecule has 0 bridgehead atoms. The summed E-state index contributed by atoms with van der Waals surface area (Å²) >= 11 is 0. The summed E-state index contributed by atoms with van der Waals surface area (Å²) in [4.78, 5) is 29.3. The molecule has 2 rings (SSSR count). The van der Waals surface area contributed by atoms with Gasteiger partial charge in [0.15, 0.2) is 0 Å². The molecule has 6 heteroatoms. The number of carboxylic acids is 1. The number of hydrogen-bond acceptors (Lipinski definition) is 4. The number of pyridine rings is 1. The van der Waals surface area contributed by atoms with E-state index < -0.39 is 23.7 Å². The molecule has 0 unspecified atom stereocenters. The van der Waals surface area contributed by atoms with Gasteiger partial charge < -0.3 is 9.84 Å². The normalized spacial score (nSPS) is 22.1. The van der Waals surface area contributed by atoms with Gasteiger partial charge in [-0.2, -0.15) is 0 Å². The molecular weight excluding hydrogens is 272 g/mol. The lowest BCUT2D eigenvalue weighted by atomic mass is 10.1. The average Bonchev–Trinajstić information content (AvgIpc) is 2.82. The Balaban J connectivity index is 2.29. The van der Waals surface area contributed by atoms with Crippen molar-refractivity contribution in [2.24, 2.45) is 0 Å². The fraction of sp³-hybridized carbons (Fsp3) is 0.533. The van der Waals surface area contributed by atoms with Crippen molar-refractivity contribution >= 4 is 12.1 Å². The first-order valence-corrected chi connectivity index (χ1v) is 6.94. The Kier molecular flexibility index (Phi) is 4.16. The second kappa shape index (κ2) is 5.71. The third-order valence-corrected chi connectivity index (χ3v) is 3.30. The summed E-state index contributed by atoms with van der Waals surface area (Å²) in [5, 5.41) is 9.33. The minimum absolute atomic E-state index is 0.359. The van der Waals surface area contributed by atoms with E-state index in [2.05, 4.69) is 4.98 Å². The zero-order valence-corrected chi connectivity index (χ0v) is 12.4. The molecule has 0 saturated carbocycles. The molecule has 6 nitrogen and oxygen atoms in total. The van der Waals surface area contributed by atoms with Crippen LogP contribution in [0.2, 0.25) is 0 Å². The van der Waals surface area contributed by atoms with Crippen molar-refractivity contribution in [3.63, 3.8) is 0 Å². The first-order chi connectivity index (χ1) is 9.79. The van der Waals surface area contributed by atoms with Crippen molar-refractivity contribution in [1.29, 1.82) is 0 Å². The molecule has 0 spiro atoms. The highest BCUT2D eigenvalue weighted by Gasteiger charge is 2.44. The Bertz CT molecular complexity index is 524. The van der Waals surface area contributed by atoms with Crippen molar-refractivity contribution < 1.29 is 19.4 Å². The summed E-state index contributed by atoms with van der Waals surface area (Å²) in [6, 6.07) is 4.18. The molecule has 1 amide bonds. The molecule has 1 aromatic heterocycles. The van der Waals surface area contributed by atoms with Gasteiger partial charge in [0.25, 0.3) is 0 Å². The van der Waals surface area contributed by atoms with Crippen molar-refractivity contribution in [2.45, 2.75) is 51.3 Å². The van der Waals surface area contributed by atoms with E-state index in [1.54, 1.807) is 39.1 Å². The quantitative estimate of drug-likeness (QED) is 0.906. The zero-order valence-electron chi connectivity index (χ0n) is 12.4. The molecule has 1 saturated heterocycles. The molecule has 21 heavy (non-hydrogen) atoms. The number of aromatic nitrogens is 1. The standard InChI is InChI=1S/C15H20N2O4/c1-15(2,3)21-14(20)17-11(7-8-12(17)13(18)19)10-6-4-5-9-16-10/h4-6,9,11-12H,7-8H2,1-3H3,(H,18,19)/t11-,12+/m1/s1. The highest BCUT2D eigenvalue weighted by atomic mass is 16.6. The fourth-order valence-corrected chi connectivity index (χ4v) is 2.49. The van der Waals surface area contributed by atoms with Crippen LogP contribution in [0.25, 0.3) is 0 Å². The number of hydrogen-bond donors (Lipinski definition) is 1. The van der Waals surface area contributed by atoms with Gasteiger partial charge in [0.05, 0.1) is 11.7 Å². The average molecular weight is 292 g/mol. The predicted octanol–water partition coefficient (Wildman–Crippen LogP) is 2.61. The van der Waals surface area contributed by atoms with E-state index >= 15 is 0 Å². The maximum Gasteiger partial charge on any atom is 0.411 e. The highest BCUT2D eigenvalue weighted by Crippen LogP contribution is 2.36. The van der Waals surface area contributed by atoms with Gasteiger partial charge in [-0.05, 0) is 45.7 Å². The van der Waals surface area contributed by atoms with Crippen LogP contribution in [0, 0.1) is 0 Å². The van der Waals surface area contributed by atoms with E-state index in [4.69, 9.17) is 4.74 Å². The molecule has 1 aliphatic rings. The fourth-order valence-electron chi connectivity index (χ4n) is 2.49. The van der Waals surface area contributed by atoms with E-state index in [1.165, 1.54) is 4.90 Å². The summed E-state index contributed by atoms with van der Waals surface area (Å²) < 4.78 is 5.35. The Labute approximate surface area is 123 Å². The summed E-state index contributed by atoms with van der Waals surface area (Å²) in [7, 11) is 0. The smallest absolute Gasteiger partial charge is 0.411 e. The second-order valence-corrected chi connectivity index (χ2v) is 6.09. The molecule has 114 valence electrons. The Morgan fingerprint density at radius 2 is 2.05 bits per heavy atom. The number of carbonyl (C=O) groups is 2. The maximum absolute atomic E-state index is 12.4. The largest absolute Gasteiger partial charge is 0.480 e. The first-order valence-electron chi connectivity index (χ1n) is 6.94. The van der Waals surface area contributed by atoms with Crippen LogP contribution >= 0.6 is 0 Å². The van der Waals surface area contributed by atoms with Crippen LogP contribution in [0.15, 0.2) is 24.4 Å². The molecule has 0 aromatic carbocycles. The molecule has 1 fully saturated rings. The van der Waals surface area contributed by atoms with Crippen LogP contribution in [0.1, 0.15) is 45.3 Å². The van der Waals surface area contributed by atoms with Crippen LogP contribution in [0.5, 0.6) is 0 Å². The van der Waals surface area contributed by atoms with Gasteiger partial charge in [0.2, 0.25) is 0 Å². The molecule has 2 atom stereocenters. The third-order valence-electron chi connectivity index (χ3n) is 3.30. The Morgan fingerprint density at radius 3 is 2.57 bits per heavy atom. The van der Waals surface area contributed by atoms with Crippen LogP contribution in [-0.4, -0.2) is 38.7 Å². The van der Waals surface area contributed by atoms with Gasteiger partial charge in [0.1, 0.15) is 11.6 Å². The molecule has 0 aliphatic carbocycles. The summed E-state index contributed by atoms with van der Waals surface area (Å²) in [5.41, 5.74) is 0.0179. The number of ether oxygens (including phenoxy) is 1. The lowest BCUT2D eigenvalue weighted by molar-refractivity contribution is -0.142. The minimum Gasteiger partial charge on any atom is -0.480 e. The van der Waals surface area contributed by atoms with E-state index in [0.717, 1.165) is 0 Å². The molecular formula is C15H20N2O4. The van der Waals surface area contributed by atoms with E-state index in [9.17, 15) is 14.7 Å². The second-order valence-electron chi connectivity index (χ2n) is 6.09. The lowest BCUT2D eigenvalue weighted by Gasteiger charge is -2.30. The summed E-state index contributed by atoms with van der Waals surface area (Å²) in [6.45, 7) is 5.27. The lowest BCUT2D eigenvalue weighted by Crippen LogP contribution is -2.44. The Morgan fingerprint density at radius 1 is 1.33 bits per heavy atom. The predicted molar refractivity (Wildman–Crippen MR) is 75.7 cm³/mol. The first kappa shape index (κ1) is 15.3. The molecule has 1 N–H and O–H groups in total. The number of nitrogens with zero attached hydrogens (tertiary/aromatic N) is 2. The van der Waals surface area contributed by atoms with E-state index in [0.29, 0.717) is 18.5 Å². The van der Waals surface area contributed by atoms with Gasteiger partial charge in [-0.25, -0.2) is 9.59 Å². The molecule has 0 radical (unpaired) electrons. The molecule has 1 aromatic rings. The van der Waals surface area contributed by atoms with Crippen molar-refractivity contribution in [3.05, 3.63) is 30.1 Å². The number of rotatable bonds is 2. The third kappa shape index (κ3) is 3.51. The number of carboxylic acid groups (broad SMARTS) is 1.